The van der Waals surface area contributed by atoms with Crippen molar-refractivity contribution in [2.24, 2.45) is 5.92 Å². The third-order valence-electron chi connectivity index (χ3n) is 1.72. The molecule has 1 atom stereocenters. The van der Waals surface area contributed by atoms with Crippen LogP contribution in [0.3, 0.4) is 0 Å². The van der Waals surface area contributed by atoms with Gasteiger partial charge in [0.2, 0.25) is 0 Å². The quantitative estimate of drug-likeness (QED) is 0.777. The smallest absolute Gasteiger partial charge is 0.321 e. The van der Waals surface area contributed by atoms with E-state index in [1.807, 2.05) is 6.92 Å². The fourth-order valence-corrected chi connectivity index (χ4v) is 1.33. The summed E-state index contributed by atoms with van der Waals surface area (Å²) in [4.78, 5) is 4.07. The van der Waals surface area contributed by atoms with Gasteiger partial charge in [0.1, 0.15) is 0 Å². The molecule has 1 N–H and O–H groups in total. The summed E-state index contributed by atoms with van der Waals surface area (Å²) in [5.74, 6) is 1.34. The van der Waals surface area contributed by atoms with Crippen LogP contribution in [-0.4, -0.2) is 16.2 Å². The lowest BCUT2D eigenvalue weighted by atomic mass is 10.1. The highest BCUT2D eigenvalue weighted by molar-refractivity contribution is 5.19. The Labute approximate surface area is 78.7 Å². The molecule has 1 aromatic rings. The van der Waals surface area contributed by atoms with E-state index in [-0.39, 0.29) is 0 Å². The van der Waals surface area contributed by atoms with Crippen LogP contribution in [0.2, 0.25) is 0 Å². The van der Waals surface area contributed by atoms with Gasteiger partial charge in [0.15, 0.2) is 5.82 Å². The highest BCUT2D eigenvalue weighted by Gasteiger charge is 2.08. The lowest BCUT2D eigenvalue weighted by molar-refractivity contribution is 0.417. The van der Waals surface area contributed by atoms with Gasteiger partial charge < -0.3 is 9.84 Å². The summed E-state index contributed by atoms with van der Waals surface area (Å²) < 4.78 is 4.94. The first kappa shape index (κ1) is 10.0. The van der Waals surface area contributed by atoms with E-state index in [1.54, 1.807) is 0 Å². The van der Waals surface area contributed by atoms with Crippen LogP contribution in [0, 0.1) is 12.8 Å². The molecule has 13 heavy (non-hydrogen) atoms. The molecule has 0 aromatic carbocycles. The molecule has 1 heterocycles. The van der Waals surface area contributed by atoms with E-state index in [0.29, 0.717) is 23.8 Å². The van der Waals surface area contributed by atoms with Gasteiger partial charge in [-0.05, 0) is 26.2 Å². The molecule has 0 radical (unpaired) electrons. The summed E-state index contributed by atoms with van der Waals surface area (Å²) in [6, 6.07) is 0.894. The van der Waals surface area contributed by atoms with E-state index in [0.717, 1.165) is 6.42 Å². The van der Waals surface area contributed by atoms with E-state index in [4.69, 9.17) is 4.52 Å². The Kier molecular flexibility index (Phi) is 3.28. The van der Waals surface area contributed by atoms with Gasteiger partial charge >= 0.3 is 6.01 Å². The molecule has 0 saturated carbocycles. The van der Waals surface area contributed by atoms with Crippen LogP contribution in [0.1, 0.15) is 33.0 Å². The molecule has 1 aromatic heterocycles. The Bertz CT molecular complexity index is 257. The zero-order chi connectivity index (χ0) is 9.84. The SMILES string of the molecule is Cc1noc(NC(C)CC(C)C)n1. The number of hydrogen-bond acceptors (Lipinski definition) is 4. The molecule has 4 heteroatoms. The third-order valence-corrected chi connectivity index (χ3v) is 1.72. The average Bonchev–Trinajstić information content (AvgIpc) is 2.33. The first-order valence-corrected chi connectivity index (χ1v) is 4.64. The maximum absolute atomic E-state index is 4.94. The molecule has 74 valence electrons. The number of rotatable bonds is 4. The van der Waals surface area contributed by atoms with Crippen LogP contribution in [0.15, 0.2) is 4.52 Å². The molecule has 0 aliphatic carbocycles. The molecule has 0 bridgehead atoms. The predicted molar refractivity (Wildman–Crippen MR) is 51.6 cm³/mol. The molecular weight excluding hydrogens is 166 g/mol. The zero-order valence-electron chi connectivity index (χ0n) is 8.66. The van der Waals surface area contributed by atoms with Crippen molar-refractivity contribution >= 4 is 6.01 Å². The Balaban J connectivity index is 2.40. The third kappa shape index (κ3) is 3.44. The van der Waals surface area contributed by atoms with Crippen LogP contribution >= 0.6 is 0 Å². The van der Waals surface area contributed by atoms with E-state index in [2.05, 4.69) is 36.2 Å². The topological polar surface area (TPSA) is 51.0 Å². The summed E-state index contributed by atoms with van der Waals surface area (Å²) in [6.45, 7) is 8.30. The summed E-state index contributed by atoms with van der Waals surface area (Å²) >= 11 is 0. The van der Waals surface area contributed by atoms with Crippen LogP contribution in [0.4, 0.5) is 6.01 Å². The van der Waals surface area contributed by atoms with Gasteiger partial charge in [0.05, 0.1) is 0 Å². The van der Waals surface area contributed by atoms with Crippen LogP contribution in [-0.2, 0) is 0 Å². The molecule has 0 aliphatic heterocycles. The Hall–Kier alpha value is -1.06. The van der Waals surface area contributed by atoms with Crippen molar-refractivity contribution in [3.63, 3.8) is 0 Å². The largest absolute Gasteiger partial charge is 0.335 e. The van der Waals surface area contributed by atoms with E-state index in [1.165, 1.54) is 0 Å². The monoisotopic (exact) mass is 183 g/mol. The number of aryl methyl sites for hydroxylation is 1. The minimum absolute atomic E-state index is 0.375. The zero-order valence-corrected chi connectivity index (χ0v) is 8.66. The second-order valence-corrected chi connectivity index (χ2v) is 3.82. The van der Waals surface area contributed by atoms with E-state index < -0.39 is 0 Å². The molecule has 1 rings (SSSR count). The molecule has 0 amide bonds. The van der Waals surface area contributed by atoms with Gasteiger partial charge in [-0.15, -0.1) is 0 Å². The lowest BCUT2D eigenvalue weighted by Crippen LogP contribution is -2.17. The Morgan fingerprint density at radius 2 is 2.08 bits per heavy atom. The van der Waals surface area contributed by atoms with Crippen molar-refractivity contribution in [2.75, 3.05) is 5.32 Å². The van der Waals surface area contributed by atoms with Crippen molar-refractivity contribution in [3.05, 3.63) is 5.82 Å². The molecule has 0 fully saturated rings. The van der Waals surface area contributed by atoms with Crippen LogP contribution < -0.4 is 5.32 Å². The maximum atomic E-state index is 4.94. The second kappa shape index (κ2) is 4.25. The van der Waals surface area contributed by atoms with Gasteiger partial charge in [-0.1, -0.05) is 19.0 Å². The summed E-state index contributed by atoms with van der Waals surface area (Å²) in [5, 5.41) is 6.85. The van der Waals surface area contributed by atoms with Crippen molar-refractivity contribution in [1.82, 2.24) is 10.1 Å². The Morgan fingerprint density at radius 3 is 2.54 bits per heavy atom. The Morgan fingerprint density at radius 1 is 1.38 bits per heavy atom. The van der Waals surface area contributed by atoms with Crippen LogP contribution in [0.25, 0.3) is 0 Å². The van der Waals surface area contributed by atoms with Gasteiger partial charge in [0.25, 0.3) is 0 Å². The molecular formula is C9H17N3O. The summed E-state index contributed by atoms with van der Waals surface area (Å²) in [5.41, 5.74) is 0. The number of anilines is 1. The minimum atomic E-state index is 0.375. The van der Waals surface area contributed by atoms with Gasteiger partial charge in [-0.25, -0.2) is 0 Å². The normalized spacial score (nSPS) is 13.3. The fraction of sp³-hybridized carbons (Fsp3) is 0.778. The molecule has 1 unspecified atom stereocenters. The number of nitrogens with one attached hydrogen (secondary N) is 1. The molecule has 4 nitrogen and oxygen atoms in total. The lowest BCUT2D eigenvalue weighted by Gasteiger charge is -2.13. The van der Waals surface area contributed by atoms with Crippen molar-refractivity contribution < 1.29 is 4.52 Å². The van der Waals surface area contributed by atoms with Crippen molar-refractivity contribution in [2.45, 2.75) is 40.2 Å². The number of aromatic nitrogens is 2. The first-order valence-electron chi connectivity index (χ1n) is 4.64. The molecule has 0 spiro atoms. The minimum Gasteiger partial charge on any atom is -0.335 e. The van der Waals surface area contributed by atoms with Gasteiger partial charge in [-0.3, -0.25) is 0 Å². The van der Waals surface area contributed by atoms with Crippen LogP contribution in [0.5, 0.6) is 0 Å². The summed E-state index contributed by atoms with van der Waals surface area (Å²) in [7, 11) is 0. The second-order valence-electron chi connectivity index (χ2n) is 3.82. The number of nitrogens with zero attached hydrogens (tertiary/aromatic N) is 2. The maximum Gasteiger partial charge on any atom is 0.321 e. The van der Waals surface area contributed by atoms with Gasteiger partial charge in [-0.2, -0.15) is 4.98 Å². The summed E-state index contributed by atoms with van der Waals surface area (Å²) in [6.07, 6.45) is 1.10. The highest BCUT2D eigenvalue weighted by atomic mass is 16.5. The standard InChI is InChI=1S/C9H17N3O/c1-6(2)5-7(3)10-9-11-8(4)12-13-9/h6-7H,5H2,1-4H3,(H,10,11,12). The average molecular weight is 183 g/mol. The van der Waals surface area contributed by atoms with Crippen molar-refractivity contribution in [1.29, 1.82) is 0 Å². The van der Waals surface area contributed by atoms with E-state index in [9.17, 15) is 0 Å². The van der Waals surface area contributed by atoms with E-state index >= 15 is 0 Å². The van der Waals surface area contributed by atoms with Gasteiger partial charge in [0, 0.05) is 6.04 Å². The highest BCUT2D eigenvalue weighted by Crippen LogP contribution is 2.10. The first-order chi connectivity index (χ1) is 6.08. The number of hydrogen-bond donors (Lipinski definition) is 1. The molecule has 0 saturated heterocycles. The van der Waals surface area contributed by atoms with Crippen molar-refractivity contribution in [3.8, 4) is 0 Å². The fourth-order valence-electron chi connectivity index (χ4n) is 1.33. The molecule has 0 aliphatic rings. The predicted octanol–water partition coefficient (Wildman–Crippen LogP) is 2.22.